The quantitative estimate of drug-likeness (QED) is 0.499. The summed E-state index contributed by atoms with van der Waals surface area (Å²) in [5.74, 6) is -0.0236. The van der Waals surface area contributed by atoms with Gasteiger partial charge in [-0.15, -0.1) is 0 Å². The zero-order valence-electron chi connectivity index (χ0n) is 21.4. The van der Waals surface area contributed by atoms with Gasteiger partial charge in [-0.3, -0.25) is 9.00 Å². The van der Waals surface area contributed by atoms with Gasteiger partial charge in [-0.25, -0.2) is 0 Å². The molecule has 2 rings (SSSR count). The van der Waals surface area contributed by atoms with Crippen molar-refractivity contribution in [3.63, 3.8) is 0 Å². The molecule has 4 nitrogen and oxygen atoms in total. The Balaban J connectivity index is 2.17. The summed E-state index contributed by atoms with van der Waals surface area (Å²) >= 11 is 0. The van der Waals surface area contributed by atoms with Gasteiger partial charge in [-0.05, 0) is 31.4 Å². The van der Waals surface area contributed by atoms with E-state index >= 15 is 0 Å². The van der Waals surface area contributed by atoms with Crippen LogP contribution in [0.5, 0.6) is 0 Å². The van der Waals surface area contributed by atoms with Gasteiger partial charge in [0, 0.05) is 10.3 Å². The van der Waals surface area contributed by atoms with Gasteiger partial charge in [0.15, 0.2) is 0 Å². The van der Waals surface area contributed by atoms with Crippen LogP contribution >= 0.6 is 0 Å². The lowest BCUT2D eigenvalue weighted by Gasteiger charge is -2.26. The number of hydrogen-bond donors (Lipinski definition) is 2. The monoisotopic (exact) mass is 477 g/mol. The highest BCUT2D eigenvalue weighted by Crippen LogP contribution is 2.29. The van der Waals surface area contributed by atoms with Crippen molar-refractivity contribution in [1.82, 2.24) is 5.32 Å². The molecule has 0 bridgehead atoms. The summed E-state index contributed by atoms with van der Waals surface area (Å²) in [4.78, 5) is 13.3. The molecule has 33 heavy (non-hydrogen) atoms. The topological polar surface area (TPSA) is 66.4 Å². The smallest absolute Gasteiger partial charge is 0.225 e. The first-order valence-corrected chi connectivity index (χ1v) is 14.4. The number of hydrogen-bond acceptors (Lipinski definition) is 3. The lowest BCUT2D eigenvalue weighted by Crippen LogP contribution is -2.37. The summed E-state index contributed by atoms with van der Waals surface area (Å²) in [6, 6.07) is 7.47. The molecule has 1 amide bonds. The summed E-state index contributed by atoms with van der Waals surface area (Å²) in [6.45, 7) is 7.64. The molecule has 1 aromatic carbocycles. The first kappa shape index (κ1) is 28.0. The molecular formula is C28H47NO3S. The average Bonchev–Trinajstić information content (AvgIpc) is 2.78. The van der Waals surface area contributed by atoms with Crippen LogP contribution in [0.4, 0.5) is 0 Å². The second-order valence-electron chi connectivity index (χ2n) is 10.9. The summed E-state index contributed by atoms with van der Waals surface area (Å²) in [5.41, 5.74) is 0.402. The van der Waals surface area contributed by atoms with E-state index in [2.05, 4.69) is 5.32 Å². The summed E-state index contributed by atoms with van der Waals surface area (Å²) in [5, 5.41) is 13.9. The number of rotatable bonds is 4. The van der Waals surface area contributed by atoms with Crippen LogP contribution < -0.4 is 5.32 Å². The molecule has 1 aliphatic carbocycles. The third-order valence-corrected chi connectivity index (χ3v) is 8.73. The van der Waals surface area contributed by atoms with E-state index in [0.29, 0.717) is 0 Å². The molecule has 0 saturated heterocycles. The van der Waals surface area contributed by atoms with Crippen LogP contribution in [-0.2, 0) is 15.6 Å². The Bertz CT molecular complexity index is 743. The highest BCUT2D eigenvalue weighted by molar-refractivity contribution is 7.85. The lowest BCUT2D eigenvalue weighted by molar-refractivity contribution is -0.129. The third-order valence-electron chi connectivity index (χ3n) is 6.82. The molecule has 188 valence electrons. The Hall–Kier alpha value is -1.20. The number of aliphatic hydroxyl groups is 1. The van der Waals surface area contributed by atoms with Crippen molar-refractivity contribution in [3.8, 4) is 0 Å². The molecule has 0 aromatic heterocycles. The predicted molar refractivity (Wildman–Crippen MR) is 139 cm³/mol. The lowest BCUT2D eigenvalue weighted by atomic mass is 9.94. The largest absolute Gasteiger partial charge is 0.392 e. The highest BCUT2D eigenvalue weighted by Gasteiger charge is 2.29. The van der Waals surface area contributed by atoms with E-state index in [-0.39, 0.29) is 17.2 Å². The fraction of sp³-hybridized carbons (Fsp3) is 0.750. The number of aliphatic hydroxyl groups excluding tert-OH is 1. The van der Waals surface area contributed by atoms with E-state index in [0.717, 1.165) is 49.0 Å². The van der Waals surface area contributed by atoms with Crippen molar-refractivity contribution in [1.29, 1.82) is 0 Å². The van der Waals surface area contributed by atoms with Crippen LogP contribution in [0.25, 0.3) is 0 Å². The molecule has 5 heteroatoms. The molecule has 0 spiro atoms. The van der Waals surface area contributed by atoms with E-state index in [4.69, 9.17) is 0 Å². The first-order chi connectivity index (χ1) is 15.7. The first-order valence-electron chi connectivity index (χ1n) is 13.2. The van der Waals surface area contributed by atoms with Crippen molar-refractivity contribution in [2.75, 3.05) is 0 Å². The van der Waals surface area contributed by atoms with Crippen LogP contribution in [0.1, 0.15) is 123 Å². The maximum absolute atomic E-state index is 13.9. The molecule has 0 aliphatic heterocycles. The van der Waals surface area contributed by atoms with E-state index in [1.807, 2.05) is 52.0 Å². The highest BCUT2D eigenvalue weighted by atomic mass is 32.2. The number of benzene rings is 1. The van der Waals surface area contributed by atoms with Crippen LogP contribution in [0.3, 0.4) is 0 Å². The van der Waals surface area contributed by atoms with Gasteiger partial charge in [0.1, 0.15) is 0 Å². The molecule has 4 atom stereocenters. The van der Waals surface area contributed by atoms with Crippen LogP contribution in [-0.4, -0.2) is 26.6 Å². The van der Waals surface area contributed by atoms with Gasteiger partial charge in [0.2, 0.25) is 5.91 Å². The van der Waals surface area contributed by atoms with Crippen molar-refractivity contribution >= 4 is 16.7 Å². The summed E-state index contributed by atoms with van der Waals surface area (Å²) < 4.78 is 13.9. The fourth-order valence-electron chi connectivity index (χ4n) is 4.59. The Labute approximate surface area is 204 Å². The second-order valence-corrected chi connectivity index (χ2v) is 12.5. The van der Waals surface area contributed by atoms with Gasteiger partial charge >= 0.3 is 0 Å². The van der Waals surface area contributed by atoms with Crippen LogP contribution in [0.2, 0.25) is 0 Å². The molecule has 1 fully saturated rings. The van der Waals surface area contributed by atoms with Crippen LogP contribution in [0, 0.1) is 5.41 Å². The molecule has 2 N–H and O–H groups in total. The molecule has 0 radical (unpaired) electrons. The minimum absolute atomic E-state index is 0.0236. The van der Waals surface area contributed by atoms with Crippen LogP contribution in [0.15, 0.2) is 29.2 Å². The molecule has 1 unspecified atom stereocenters. The van der Waals surface area contributed by atoms with E-state index < -0.39 is 22.3 Å². The predicted octanol–water partition coefficient (Wildman–Crippen LogP) is 6.83. The zero-order chi connectivity index (χ0) is 24.3. The maximum Gasteiger partial charge on any atom is 0.225 e. The van der Waals surface area contributed by atoms with Gasteiger partial charge in [0.25, 0.3) is 0 Å². The number of carbonyl (C=O) groups excluding carboxylic acids is 1. The zero-order valence-corrected chi connectivity index (χ0v) is 22.2. The van der Waals surface area contributed by atoms with Gasteiger partial charge < -0.3 is 10.4 Å². The van der Waals surface area contributed by atoms with E-state index in [1.165, 1.54) is 44.9 Å². The summed E-state index contributed by atoms with van der Waals surface area (Å²) in [6.07, 6.45) is 14.2. The average molecular weight is 478 g/mol. The Kier molecular flexibility index (Phi) is 12.1. The molecule has 0 heterocycles. The van der Waals surface area contributed by atoms with Crippen molar-refractivity contribution < 1.29 is 14.1 Å². The summed E-state index contributed by atoms with van der Waals surface area (Å²) in [7, 11) is -1.32. The Morgan fingerprint density at radius 3 is 1.94 bits per heavy atom. The fourth-order valence-corrected chi connectivity index (χ4v) is 6.41. The molecule has 1 aromatic rings. The van der Waals surface area contributed by atoms with E-state index in [9.17, 15) is 14.1 Å². The normalized spacial score (nSPS) is 24.2. The second kappa shape index (κ2) is 14.3. The Morgan fingerprint density at radius 2 is 1.39 bits per heavy atom. The number of nitrogens with one attached hydrogen (secondary N) is 1. The van der Waals surface area contributed by atoms with Gasteiger partial charge in [-0.2, -0.15) is 0 Å². The standard InChI is InChI=1S/C28H47NO3S/c1-22(29-27(31)28(2,3)4)23-18-16-17-20-25(23)33(32)26-21-15-13-11-9-7-5-6-8-10-12-14-19-24(26)30/h16-18,20,22,24,26,30H,5-15,19,21H2,1-4H3,(H,29,31)/t22-,24+,26?,33-/m1/s1. The number of amides is 1. The third kappa shape index (κ3) is 9.52. The Morgan fingerprint density at radius 1 is 0.909 bits per heavy atom. The minimum Gasteiger partial charge on any atom is -0.392 e. The SMILES string of the molecule is C[C@@H](NC(=O)C(C)(C)C)c1ccccc1[S@@](=O)C1CCCCCCCCCCCCC[C@@H]1O. The van der Waals surface area contributed by atoms with Gasteiger partial charge in [0.05, 0.1) is 28.2 Å². The van der Waals surface area contributed by atoms with Crippen molar-refractivity contribution in [2.45, 2.75) is 133 Å². The minimum atomic E-state index is -1.32. The molecule has 1 aliphatic rings. The van der Waals surface area contributed by atoms with Crippen molar-refractivity contribution in [3.05, 3.63) is 29.8 Å². The maximum atomic E-state index is 13.9. The van der Waals surface area contributed by atoms with Crippen molar-refractivity contribution in [2.24, 2.45) is 5.41 Å². The molecular weight excluding hydrogens is 430 g/mol. The van der Waals surface area contributed by atoms with Gasteiger partial charge in [-0.1, -0.05) is 110 Å². The number of carbonyl (C=O) groups is 1. The molecule has 1 saturated carbocycles. The van der Waals surface area contributed by atoms with E-state index in [1.54, 1.807) is 0 Å².